The van der Waals surface area contributed by atoms with Gasteiger partial charge in [-0.1, -0.05) is 0 Å². The van der Waals surface area contributed by atoms with Gasteiger partial charge in [-0.2, -0.15) is 4.31 Å². The summed E-state index contributed by atoms with van der Waals surface area (Å²) in [6, 6.07) is 11.3. The van der Waals surface area contributed by atoms with Gasteiger partial charge in [0.1, 0.15) is 0 Å². The Bertz CT molecular complexity index is 1010. The normalized spacial score (nSPS) is 15.1. The summed E-state index contributed by atoms with van der Waals surface area (Å²) in [5, 5.41) is 2.97. The van der Waals surface area contributed by atoms with Crippen LogP contribution in [0.4, 0.5) is 5.69 Å². The van der Waals surface area contributed by atoms with Crippen molar-refractivity contribution < 1.29 is 27.4 Å². The van der Waals surface area contributed by atoms with E-state index in [2.05, 4.69) is 5.32 Å². The molecule has 0 atom stereocenters. The van der Waals surface area contributed by atoms with Gasteiger partial charge in [0, 0.05) is 36.6 Å². The third-order valence-corrected chi connectivity index (χ3v) is 6.53. The number of nitrogens with zero attached hydrogens (tertiary/aromatic N) is 1. The van der Waals surface area contributed by atoms with Crippen LogP contribution in [0.1, 0.15) is 10.4 Å². The maximum absolute atomic E-state index is 12.6. The highest BCUT2D eigenvalue weighted by Crippen LogP contribution is 2.27. The van der Waals surface area contributed by atoms with E-state index >= 15 is 0 Å². The fraction of sp³-hybridized carbons (Fsp3) is 0.286. The van der Waals surface area contributed by atoms with E-state index in [1.807, 2.05) is 0 Å². The van der Waals surface area contributed by atoms with Crippen molar-refractivity contribution in [3.8, 4) is 11.5 Å². The van der Waals surface area contributed by atoms with Crippen LogP contribution in [0.2, 0.25) is 0 Å². The molecule has 1 saturated heterocycles. The van der Waals surface area contributed by atoms with Crippen LogP contribution in [0.25, 0.3) is 0 Å². The first kappa shape index (κ1) is 21.8. The smallest absolute Gasteiger partial charge is 0.243 e. The second-order valence-electron chi connectivity index (χ2n) is 6.45. The fourth-order valence-electron chi connectivity index (χ4n) is 2.96. The molecule has 1 aliphatic heterocycles. The number of carbonyl (C=O) groups is 1. The quantitative estimate of drug-likeness (QED) is 0.506. The van der Waals surface area contributed by atoms with Gasteiger partial charge in [-0.15, -0.1) is 0 Å². The maximum Gasteiger partial charge on any atom is 0.243 e. The van der Waals surface area contributed by atoms with Crippen LogP contribution in [0.3, 0.4) is 0 Å². The number of allylic oxidation sites excluding steroid dienone is 1. The highest BCUT2D eigenvalue weighted by molar-refractivity contribution is 7.89. The number of anilines is 1. The first-order valence-corrected chi connectivity index (χ1v) is 10.8. The van der Waals surface area contributed by atoms with E-state index in [1.54, 1.807) is 30.3 Å². The highest BCUT2D eigenvalue weighted by Gasteiger charge is 2.26. The van der Waals surface area contributed by atoms with E-state index in [9.17, 15) is 13.2 Å². The third-order valence-electron chi connectivity index (χ3n) is 4.61. The molecular formula is C21H24N2O6S. The van der Waals surface area contributed by atoms with Crippen molar-refractivity contribution in [2.24, 2.45) is 0 Å². The zero-order valence-corrected chi connectivity index (χ0v) is 17.6. The summed E-state index contributed by atoms with van der Waals surface area (Å²) in [5.74, 6) is 0.806. The second kappa shape index (κ2) is 9.75. The van der Waals surface area contributed by atoms with E-state index in [0.717, 1.165) is 0 Å². The predicted molar refractivity (Wildman–Crippen MR) is 113 cm³/mol. The molecule has 1 heterocycles. The van der Waals surface area contributed by atoms with E-state index in [0.29, 0.717) is 49.1 Å². The third kappa shape index (κ3) is 4.99. The Morgan fingerprint density at radius 2 is 1.70 bits per heavy atom. The van der Waals surface area contributed by atoms with Crippen molar-refractivity contribution in [2.45, 2.75) is 4.90 Å². The van der Waals surface area contributed by atoms with Crippen LogP contribution in [-0.4, -0.2) is 59.0 Å². The molecule has 0 aromatic heterocycles. The molecule has 1 aliphatic rings. The Morgan fingerprint density at radius 1 is 1.03 bits per heavy atom. The molecule has 1 fully saturated rings. The summed E-state index contributed by atoms with van der Waals surface area (Å²) in [5.41, 5.74) is 1.12. The monoisotopic (exact) mass is 432 g/mol. The van der Waals surface area contributed by atoms with Crippen molar-refractivity contribution in [3.05, 3.63) is 60.3 Å². The SMILES string of the molecule is COc1ccc(C(=O)C=CNc2ccc(S(=O)(=O)N3CCOCC3)cc2)cc1OC. The van der Waals surface area contributed by atoms with E-state index in [4.69, 9.17) is 14.2 Å². The topological polar surface area (TPSA) is 94.2 Å². The number of morpholine rings is 1. The molecule has 160 valence electrons. The molecule has 2 aromatic rings. The number of benzene rings is 2. The summed E-state index contributed by atoms with van der Waals surface area (Å²) in [6.07, 6.45) is 2.89. The Balaban J connectivity index is 1.63. The molecule has 3 rings (SSSR count). The number of rotatable bonds is 8. The first-order valence-electron chi connectivity index (χ1n) is 9.33. The molecule has 30 heavy (non-hydrogen) atoms. The van der Waals surface area contributed by atoms with Crippen molar-refractivity contribution >= 4 is 21.5 Å². The Hall–Kier alpha value is -2.88. The lowest BCUT2D eigenvalue weighted by atomic mass is 10.1. The number of hydrogen-bond acceptors (Lipinski definition) is 7. The Morgan fingerprint density at radius 3 is 2.33 bits per heavy atom. The molecule has 0 aliphatic carbocycles. The second-order valence-corrected chi connectivity index (χ2v) is 8.39. The van der Waals surface area contributed by atoms with Crippen LogP contribution in [0.15, 0.2) is 59.6 Å². The minimum absolute atomic E-state index is 0.213. The zero-order chi connectivity index (χ0) is 21.6. The van der Waals surface area contributed by atoms with E-state index < -0.39 is 10.0 Å². The molecule has 2 aromatic carbocycles. The predicted octanol–water partition coefficient (Wildman–Crippen LogP) is 2.53. The highest BCUT2D eigenvalue weighted by atomic mass is 32.2. The minimum Gasteiger partial charge on any atom is -0.493 e. The molecule has 0 radical (unpaired) electrons. The van der Waals surface area contributed by atoms with Crippen LogP contribution in [-0.2, 0) is 14.8 Å². The zero-order valence-electron chi connectivity index (χ0n) is 16.8. The van der Waals surface area contributed by atoms with Gasteiger partial charge < -0.3 is 19.5 Å². The van der Waals surface area contributed by atoms with Crippen LogP contribution in [0, 0.1) is 0 Å². The van der Waals surface area contributed by atoms with Gasteiger partial charge in [-0.3, -0.25) is 4.79 Å². The van der Waals surface area contributed by atoms with E-state index in [1.165, 1.54) is 42.9 Å². The minimum atomic E-state index is -3.53. The van der Waals surface area contributed by atoms with Gasteiger partial charge in [-0.25, -0.2) is 8.42 Å². The first-order chi connectivity index (χ1) is 14.5. The Labute approximate surface area is 176 Å². The van der Waals surface area contributed by atoms with Gasteiger partial charge in [-0.05, 0) is 42.5 Å². The van der Waals surface area contributed by atoms with Gasteiger partial charge in [0.05, 0.1) is 32.3 Å². The molecule has 0 amide bonds. The molecule has 1 N–H and O–H groups in total. The lowest BCUT2D eigenvalue weighted by molar-refractivity contribution is 0.0730. The van der Waals surface area contributed by atoms with Crippen LogP contribution < -0.4 is 14.8 Å². The van der Waals surface area contributed by atoms with Crippen molar-refractivity contribution in [2.75, 3.05) is 45.8 Å². The number of sulfonamides is 1. The molecular weight excluding hydrogens is 408 g/mol. The van der Waals surface area contributed by atoms with Crippen LogP contribution in [0.5, 0.6) is 11.5 Å². The van der Waals surface area contributed by atoms with E-state index in [-0.39, 0.29) is 10.7 Å². The molecule has 0 bridgehead atoms. The fourth-order valence-corrected chi connectivity index (χ4v) is 4.37. The summed E-state index contributed by atoms with van der Waals surface area (Å²) in [4.78, 5) is 12.6. The summed E-state index contributed by atoms with van der Waals surface area (Å²) >= 11 is 0. The molecule has 0 unspecified atom stereocenters. The van der Waals surface area contributed by atoms with Gasteiger partial charge in [0.25, 0.3) is 0 Å². The summed E-state index contributed by atoms with van der Waals surface area (Å²) in [7, 11) is -0.495. The number of methoxy groups -OCH3 is 2. The van der Waals surface area contributed by atoms with Crippen molar-refractivity contribution in [1.82, 2.24) is 4.31 Å². The number of ether oxygens (including phenoxy) is 3. The maximum atomic E-state index is 12.6. The average molecular weight is 432 g/mol. The molecule has 0 spiro atoms. The lowest BCUT2D eigenvalue weighted by Gasteiger charge is -2.26. The molecule has 0 saturated carbocycles. The average Bonchev–Trinajstić information content (AvgIpc) is 2.79. The summed E-state index contributed by atoms with van der Waals surface area (Å²) in [6.45, 7) is 1.50. The number of ketones is 1. The molecule has 8 nitrogen and oxygen atoms in total. The Kier molecular flexibility index (Phi) is 7.09. The number of carbonyl (C=O) groups excluding carboxylic acids is 1. The largest absolute Gasteiger partial charge is 0.493 e. The van der Waals surface area contributed by atoms with Gasteiger partial charge in [0.15, 0.2) is 17.3 Å². The molecule has 9 heteroatoms. The van der Waals surface area contributed by atoms with Gasteiger partial charge >= 0.3 is 0 Å². The standard InChI is InChI=1S/C21H24N2O6S/c1-27-20-8-3-16(15-21(20)28-2)19(24)9-10-22-17-4-6-18(7-5-17)30(25,26)23-11-13-29-14-12-23/h3-10,15,22H,11-14H2,1-2H3. The summed E-state index contributed by atoms with van der Waals surface area (Å²) < 4.78 is 42.3. The van der Waals surface area contributed by atoms with Crippen molar-refractivity contribution in [1.29, 1.82) is 0 Å². The number of nitrogens with one attached hydrogen (secondary N) is 1. The van der Waals surface area contributed by atoms with Crippen molar-refractivity contribution in [3.63, 3.8) is 0 Å². The lowest BCUT2D eigenvalue weighted by Crippen LogP contribution is -2.40. The number of hydrogen-bond donors (Lipinski definition) is 1. The van der Waals surface area contributed by atoms with Crippen LogP contribution >= 0.6 is 0 Å². The van der Waals surface area contributed by atoms with Gasteiger partial charge in [0.2, 0.25) is 10.0 Å².